The van der Waals surface area contributed by atoms with Crippen LogP contribution in [0.2, 0.25) is 0 Å². The van der Waals surface area contributed by atoms with E-state index in [1.807, 2.05) is 0 Å². The first-order valence-electron chi connectivity index (χ1n) is 3.03. The van der Waals surface area contributed by atoms with E-state index in [2.05, 4.69) is 4.98 Å². The summed E-state index contributed by atoms with van der Waals surface area (Å²) in [5.41, 5.74) is 7.04. The van der Waals surface area contributed by atoms with Crippen LogP contribution in [0.1, 0.15) is 5.69 Å². The second-order valence-corrected chi connectivity index (χ2v) is 1.97. The minimum atomic E-state index is 0.479. The smallest absolute Gasteiger partial charge is 0.0904 e. The van der Waals surface area contributed by atoms with Crippen molar-refractivity contribution in [1.82, 2.24) is 4.98 Å². The summed E-state index contributed by atoms with van der Waals surface area (Å²) in [6, 6.07) is 3.61. The van der Waals surface area contributed by atoms with Crippen molar-refractivity contribution < 1.29 is 4.74 Å². The highest BCUT2D eigenvalue weighted by Crippen LogP contribution is 2.06. The normalized spacial score (nSPS) is 9.70. The van der Waals surface area contributed by atoms with Crippen molar-refractivity contribution in [3.8, 4) is 0 Å². The summed E-state index contributed by atoms with van der Waals surface area (Å²) < 4.78 is 4.87. The Bertz CT molecular complexity index is 213. The molecule has 0 aliphatic heterocycles. The first-order chi connectivity index (χ1) is 4.84. The van der Waals surface area contributed by atoms with Gasteiger partial charge in [-0.15, -0.1) is 0 Å². The van der Waals surface area contributed by atoms with Gasteiger partial charge in [0.25, 0.3) is 0 Å². The Balaban J connectivity index is 2.81. The summed E-state index contributed by atoms with van der Waals surface area (Å²) in [4.78, 5) is 4.02. The van der Waals surface area contributed by atoms with Crippen LogP contribution in [-0.4, -0.2) is 12.1 Å². The van der Waals surface area contributed by atoms with Crippen LogP contribution in [-0.2, 0) is 11.3 Å². The Kier molecular flexibility index (Phi) is 2.23. The molecular weight excluding hydrogens is 128 g/mol. The third-order valence-corrected chi connectivity index (χ3v) is 1.21. The molecule has 2 N–H and O–H groups in total. The summed E-state index contributed by atoms with van der Waals surface area (Å²) >= 11 is 0. The summed E-state index contributed by atoms with van der Waals surface area (Å²) in [7, 11) is 1.62. The first-order valence-corrected chi connectivity index (χ1v) is 3.03. The molecule has 0 spiro atoms. The highest BCUT2D eigenvalue weighted by atomic mass is 16.5. The molecule has 0 radical (unpaired) electrons. The van der Waals surface area contributed by atoms with Gasteiger partial charge in [-0.05, 0) is 12.1 Å². The fraction of sp³-hybridized carbons (Fsp3) is 0.286. The molecule has 0 bridgehead atoms. The molecule has 0 aromatic carbocycles. The van der Waals surface area contributed by atoms with Crippen molar-refractivity contribution in [3.63, 3.8) is 0 Å². The lowest BCUT2D eigenvalue weighted by molar-refractivity contribution is 0.182. The molecule has 10 heavy (non-hydrogen) atoms. The number of rotatable bonds is 2. The van der Waals surface area contributed by atoms with E-state index in [1.54, 1.807) is 25.4 Å². The van der Waals surface area contributed by atoms with E-state index in [-0.39, 0.29) is 0 Å². The molecule has 0 aliphatic rings. The van der Waals surface area contributed by atoms with Crippen LogP contribution in [0.3, 0.4) is 0 Å². The van der Waals surface area contributed by atoms with Crippen LogP contribution in [0.15, 0.2) is 18.3 Å². The van der Waals surface area contributed by atoms with Crippen LogP contribution in [0.4, 0.5) is 5.69 Å². The van der Waals surface area contributed by atoms with Crippen molar-refractivity contribution in [2.24, 2.45) is 0 Å². The van der Waals surface area contributed by atoms with E-state index < -0.39 is 0 Å². The Morgan fingerprint density at radius 2 is 2.50 bits per heavy atom. The highest BCUT2D eigenvalue weighted by Gasteiger charge is 1.95. The van der Waals surface area contributed by atoms with Crippen molar-refractivity contribution in [2.45, 2.75) is 6.61 Å². The zero-order valence-electron chi connectivity index (χ0n) is 5.87. The largest absolute Gasteiger partial charge is 0.397 e. The zero-order chi connectivity index (χ0) is 7.40. The molecule has 0 unspecified atom stereocenters. The molecule has 0 saturated carbocycles. The summed E-state index contributed by atoms with van der Waals surface area (Å²) in [6.07, 6.45) is 1.70. The molecular formula is C7H10N2O. The molecule has 0 amide bonds. The number of aromatic nitrogens is 1. The SMILES string of the molecule is COCc1ncccc1N. The van der Waals surface area contributed by atoms with Gasteiger partial charge in [0.15, 0.2) is 0 Å². The van der Waals surface area contributed by atoms with Crippen molar-refractivity contribution in [3.05, 3.63) is 24.0 Å². The molecule has 1 rings (SSSR count). The number of methoxy groups -OCH3 is 1. The molecule has 1 aromatic heterocycles. The molecule has 54 valence electrons. The van der Waals surface area contributed by atoms with E-state index in [0.717, 1.165) is 5.69 Å². The average Bonchev–Trinajstić information content (AvgIpc) is 1.94. The third kappa shape index (κ3) is 1.45. The maximum Gasteiger partial charge on any atom is 0.0904 e. The molecule has 1 heterocycles. The number of pyridine rings is 1. The van der Waals surface area contributed by atoms with E-state index >= 15 is 0 Å². The zero-order valence-corrected chi connectivity index (χ0v) is 5.87. The van der Waals surface area contributed by atoms with Crippen LogP contribution in [0.25, 0.3) is 0 Å². The standard InChI is InChI=1S/C7H10N2O/c1-10-5-7-6(8)3-2-4-9-7/h2-4H,5,8H2,1H3. The van der Waals surface area contributed by atoms with E-state index in [0.29, 0.717) is 12.3 Å². The lowest BCUT2D eigenvalue weighted by atomic mass is 10.3. The molecule has 3 heteroatoms. The quantitative estimate of drug-likeness (QED) is 0.657. The van der Waals surface area contributed by atoms with Gasteiger partial charge in [0, 0.05) is 13.3 Å². The molecule has 0 atom stereocenters. The lowest BCUT2D eigenvalue weighted by Gasteiger charge is -2.00. The number of hydrogen-bond acceptors (Lipinski definition) is 3. The second-order valence-electron chi connectivity index (χ2n) is 1.97. The van der Waals surface area contributed by atoms with Crippen molar-refractivity contribution in [2.75, 3.05) is 12.8 Å². The second kappa shape index (κ2) is 3.17. The Morgan fingerprint density at radius 3 is 3.10 bits per heavy atom. The Morgan fingerprint density at radius 1 is 1.70 bits per heavy atom. The number of ether oxygens (including phenoxy) is 1. The van der Waals surface area contributed by atoms with Crippen molar-refractivity contribution >= 4 is 5.69 Å². The van der Waals surface area contributed by atoms with Gasteiger partial charge in [-0.25, -0.2) is 0 Å². The summed E-state index contributed by atoms with van der Waals surface area (Å²) in [5.74, 6) is 0. The van der Waals surface area contributed by atoms with Crippen LogP contribution in [0.5, 0.6) is 0 Å². The number of nitrogens with zero attached hydrogens (tertiary/aromatic N) is 1. The average molecular weight is 138 g/mol. The van der Waals surface area contributed by atoms with Crippen LogP contribution >= 0.6 is 0 Å². The predicted molar refractivity (Wildman–Crippen MR) is 39.4 cm³/mol. The Labute approximate surface area is 59.8 Å². The van der Waals surface area contributed by atoms with Gasteiger partial charge in [-0.1, -0.05) is 0 Å². The summed E-state index contributed by atoms with van der Waals surface area (Å²) in [5, 5.41) is 0. The van der Waals surface area contributed by atoms with Gasteiger partial charge in [-0.3, -0.25) is 4.98 Å². The molecule has 1 aromatic rings. The van der Waals surface area contributed by atoms with E-state index in [4.69, 9.17) is 10.5 Å². The van der Waals surface area contributed by atoms with Crippen LogP contribution in [0, 0.1) is 0 Å². The molecule has 3 nitrogen and oxygen atoms in total. The molecule has 0 fully saturated rings. The molecule has 0 aliphatic carbocycles. The lowest BCUT2D eigenvalue weighted by Crippen LogP contribution is -1.97. The number of hydrogen-bond donors (Lipinski definition) is 1. The van der Waals surface area contributed by atoms with Crippen LogP contribution < -0.4 is 5.73 Å². The minimum Gasteiger partial charge on any atom is -0.397 e. The summed E-state index contributed by atoms with van der Waals surface area (Å²) in [6.45, 7) is 0.479. The predicted octanol–water partition coefficient (Wildman–Crippen LogP) is 0.810. The van der Waals surface area contributed by atoms with Gasteiger partial charge < -0.3 is 10.5 Å². The maximum atomic E-state index is 5.56. The highest BCUT2D eigenvalue weighted by molar-refractivity contribution is 5.41. The Hall–Kier alpha value is -1.09. The number of anilines is 1. The minimum absolute atomic E-state index is 0.479. The van der Waals surface area contributed by atoms with E-state index in [1.165, 1.54) is 0 Å². The monoisotopic (exact) mass is 138 g/mol. The van der Waals surface area contributed by atoms with E-state index in [9.17, 15) is 0 Å². The number of nitrogens with two attached hydrogens (primary N) is 1. The van der Waals surface area contributed by atoms with Gasteiger partial charge in [0.2, 0.25) is 0 Å². The van der Waals surface area contributed by atoms with Gasteiger partial charge in [-0.2, -0.15) is 0 Å². The first kappa shape index (κ1) is 7.02. The van der Waals surface area contributed by atoms with Gasteiger partial charge in [0.1, 0.15) is 0 Å². The van der Waals surface area contributed by atoms with Crippen molar-refractivity contribution in [1.29, 1.82) is 0 Å². The fourth-order valence-electron chi connectivity index (χ4n) is 0.708. The molecule has 0 saturated heterocycles. The van der Waals surface area contributed by atoms with Gasteiger partial charge >= 0.3 is 0 Å². The maximum absolute atomic E-state index is 5.56. The van der Waals surface area contributed by atoms with Gasteiger partial charge in [0.05, 0.1) is 18.0 Å². The topological polar surface area (TPSA) is 48.1 Å². The number of nitrogen functional groups attached to an aromatic ring is 1. The fourth-order valence-corrected chi connectivity index (χ4v) is 0.708. The third-order valence-electron chi connectivity index (χ3n) is 1.21.